The summed E-state index contributed by atoms with van der Waals surface area (Å²) in [6, 6.07) is 7.51. The molecule has 0 bridgehead atoms. The fourth-order valence-corrected chi connectivity index (χ4v) is 1.53. The molecule has 0 aliphatic heterocycles. The number of benzene rings is 1. The number of hydrogen-bond acceptors (Lipinski definition) is 3. The highest BCUT2D eigenvalue weighted by molar-refractivity contribution is 6.04. The zero-order chi connectivity index (χ0) is 12.5. The Balaban J connectivity index is 2.20. The largest absolute Gasteiger partial charge is 0.349 e. The predicted octanol–water partition coefficient (Wildman–Crippen LogP) is 1.03. The fourth-order valence-electron chi connectivity index (χ4n) is 1.53. The van der Waals surface area contributed by atoms with Crippen molar-refractivity contribution >= 4 is 16.8 Å². The van der Waals surface area contributed by atoms with Crippen LogP contribution in [0.1, 0.15) is 24.3 Å². The van der Waals surface area contributed by atoms with E-state index in [-0.39, 0.29) is 5.91 Å². The summed E-state index contributed by atoms with van der Waals surface area (Å²) in [5, 5.41) is 10.4. The number of fused-ring (bicyclic) bond motifs is 1. The Morgan fingerprint density at radius 2 is 2.18 bits per heavy atom. The van der Waals surface area contributed by atoms with Crippen molar-refractivity contribution in [2.75, 3.05) is 6.54 Å². The number of aromatic amines is 1. The third-order valence-corrected chi connectivity index (χ3v) is 2.39. The number of hydrogen-bond donors (Lipinski definition) is 3. The van der Waals surface area contributed by atoms with Crippen molar-refractivity contribution in [2.24, 2.45) is 5.73 Å². The molecular weight excluding hydrogens is 216 g/mol. The van der Waals surface area contributed by atoms with Crippen molar-refractivity contribution in [3.05, 3.63) is 30.0 Å². The van der Waals surface area contributed by atoms with Gasteiger partial charge in [-0.3, -0.25) is 9.89 Å². The number of carbonyl (C=O) groups excluding carboxylic acids is 1. The quantitative estimate of drug-likeness (QED) is 0.739. The second-order valence-corrected chi connectivity index (χ2v) is 4.79. The molecule has 2 rings (SSSR count). The number of H-pyrrole nitrogens is 1. The van der Waals surface area contributed by atoms with Crippen molar-refractivity contribution in [1.29, 1.82) is 0 Å². The maximum atomic E-state index is 11.9. The second-order valence-electron chi connectivity index (χ2n) is 4.79. The standard InChI is InChI=1S/C12H16N4O/c1-12(2,13)7-14-11(17)10-8-5-3-4-6-9(8)15-16-10/h3-6H,7,13H2,1-2H3,(H,14,17)(H,15,16). The third kappa shape index (κ3) is 2.62. The molecule has 4 N–H and O–H groups in total. The topological polar surface area (TPSA) is 83.8 Å². The van der Waals surface area contributed by atoms with Crippen LogP contribution in [0.3, 0.4) is 0 Å². The van der Waals surface area contributed by atoms with Crippen LogP contribution < -0.4 is 11.1 Å². The Morgan fingerprint density at radius 1 is 1.47 bits per heavy atom. The molecule has 0 radical (unpaired) electrons. The van der Waals surface area contributed by atoms with Gasteiger partial charge in [0.05, 0.1) is 5.52 Å². The number of nitrogens with zero attached hydrogens (tertiary/aromatic N) is 1. The number of nitrogens with one attached hydrogen (secondary N) is 2. The van der Waals surface area contributed by atoms with Gasteiger partial charge < -0.3 is 11.1 Å². The normalized spacial score (nSPS) is 11.7. The van der Waals surface area contributed by atoms with Crippen molar-refractivity contribution < 1.29 is 4.79 Å². The predicted molar refractivity (Wildman–Crippen MR) is 66.7 cm³/mol. The van der Waals surface area contributed by atoms with Gasteiger partial charge in [0.25, 0.3) is 5.91 Å². The van der Waals surface area contributed by atoms with Gasteiger partial charge in [-0.1, -0.05) is 18.2 Å². The van der Waals surface area contributed by atoms with Gasteiger partial charge in [0, 0.05) is 17.5 Å². The average molecular weight is 232 g/mol. The van der Waals surface area contributed by atoms with Crippen molar-refractivity contribution in [2.45, 2.75) is 19.4 Å². The minimum Gasteiger partial charge on any atom is -0.349 e. The van der Waals surface area contributed by atoms with Crippen LogP contribution in [-0.2, 0) is 0 Å². The lowest BCUT2D eigenvalue weighted by molar-refractivity contribution is 0.0942. The SMILES string of the molecule is CC(C)(N)CNC(=O)c1n[nH]c2ccccc12. The van der Waals surface area contributed by atoms with E-state index in [4.69, 9.17) is 5.73 Å². The molecule has 0 saturated heterocycles. The third-order valence-electron chi connectivity index (χ3n) is 2.39. The average Bonchev–Trinajstić information content (AvgIpc) is 2.68. The van der Waals surface area contributed by atoms with Gasteiger partial charge in [-0.25, -0.2) is 0 Å². The Labute approximate surface area is 99.4 Å². The van der Waals surface area contributed by atoms with Crippen LogP contribution in [-0.4, -0.2) is 28.2 Å². The van der Waals surface area contributed by atoms with E-state index in [0.29, 0.717) is 12.2 Å². The lowest BCUT2D eigenvalue weighted by Crippen LogP contribution is -2.45. The number of amides is 1. The molecule has 0 aliphatic rings. The van der Waals surface area contributed by atoms with Gasteiger partial charge in [-0.2, -0.15) is 5.10 Å². The highest BCUT2D eigenvalue weighted by Crippen LogP contribution is 2.14. The number of carbonyl (C=O) groups is 1. The summed E-state index contributed by atoms with van der Waals surface area (Å²) in [6.45, 7) is 4.12. The Morgan fingerprint density at radius 3 is 2.88 bits per heavy atom. The highest BCUT2D eigenvalue weighted by Gasteiger charge is 2.16. The number of nitrogens with two attached hydrogens (primary N) is 1. The van der Waals surface area contributed by atoms with Crippen molar-refractivity contribution in [1.82, 2.24) is 15.5 Å². The highest BCUT2D eigenvalue weighted by atomic mass is 16.1. The molecular formula is C12H16N4O. The van der Waals surface area contributed by atoms with Crippen LogP contribution in [0.5, 0.6) is 0 Å². The van der Waals surface area contributed by atoms with E-state index in [9.17, 15) is 4.79 Å². The molecule has 0 atom stereocenters. The molecule has 2 aromatic rings. The zero-order valence-electron chi connectivity index (χ0n) is 9.95. The first-order chi connectivity index (χ1) is 7.97. The molecule has 0 saturated carbocycles. The van der Waals surface area contributed by atoms with E-state index >= 15 is 0 Å². The van der Waals surface area contributed by atoms with E-state index in [1.807, 2.05) is 38.1 Å². The number of para-hydroxylation sites is 1. The van der Waals surface area contributed by atoms with E-state index < -0.39 is 5.54 Å². The molecule has 5 heteroatoms. The molecule has 0 fully saturated rings. The van der Waals surface area contributed by atoms with E-state index in [0.717, 1.165) is 10.9 Å². The van der Waals surface area contributed by atoms with Gasteiger partial charge in [-0.15, -0.1) is 0 Å². The van der Waals surface area contributed by atoms with Crippen LogP contribution in [0, 0.1) is 0 Å². The molecule has 0 spiro atoms. The van der Waals surface area contributed by atoms with Gasteiger partial charge in [0.15, 0.2) is 5.69 Å². The van der Waals surface area contributed by atoms with Gasteiger partial charge >= 0.3 is 0 Å². The molecule has 1 aromatic carbocycles. The molecule has 90 valence electrons. The fraction of sp³-hybridized carbons (Fsp3) is 0.333. The molecule has 0 aliphatic carbocycles. The second kappa shape index (κ2) is 4.18. The lowest BCUT2D eigenvalue weighted by atomic mass is 10.1. The Kier molecular flexibility index (Phi) is 2.85. The molecule has 1 heterocycles. The maximum Gasteiger partial charge on any atom is 0.272 e. The van der Waals surface area contributed by atoms with E-state index in [1.165, 1.54) is 0 Å². The molecule has 0 unspecified atom stereocenters. The number of aromatic nitrogens is 2. The zero-order valence-corrected chi connectivity index (χ0v) is 9.95. The van der Waals surface area contributed by atoms with Crippen LogP contribution in [0.2, 0.25) is 0 Å². The summed E-state index contributed by atoms with van der Waals surface area (Å²) >= 11 is 0. The summed E-state index contributed by atoms with van der Waals surface area (Å²) in [5.74, 6) is -0.207. The van der Waals surface area contributed by atoms with E-state index in [1.54, 1.807) is 0 Å². The van der Waals surface area contributed by atoms with Crippen LogP contribution >= 0.6 is 0 Å². The van der Waals surface area contributed by atoms with Crippen molar-refractivity contribution in [3.63, 3.8) is 0 Å². The molecule has 1 amide bonds. The molecule has 5 nitrogen and oxygen atoms in total. The summed E-state index contributed by atoms with van der Waals surface area (Å²) < 4.78 is 0. The van der Waals surface area contributed by atoms with Gasteiger partial charge in [0.2, 0.25) is 0 Å². The summed E-state index contributed by atoms with van der Waals surface area (Å²) in [4.78, 5) is 11.9. The van der Waals surface area contributed by atoms with Crippen molar-refractivity contribution in [3.8, 4) is 0 Å². The number of rotatable bonds is 3. The van der Waals surface area contributed by atoms with Gasteiger partial charge in [0.1, 0.15) is 0 Å². The first-order valence-corrected chi connectivity index (χ1v) is 5.47. The summed E-state index contributed by atoms with van der Waals surface area (Å²) in [7, 11) is 0. The Hall–Kier alpha value is -1.88. The summed E-state index contributed by atoms with van der Waals surface area (Å²) in [6.07, 6.45) is 0. The first-order valence-electron chi connectivity index (χ1n) is 5.47. The minimum atomic E-state index is -0.429. The first kappa shape index (κ1) is 11.6. The lowest BCUT2D eigenvalue weighted by Gasteiger charge is -2.18. The van der Waals surface area contributed by atoms with Crippen LogP contribution in [0.4, 0.5) is 0 Å². The van der Waals surface area contributed by atoms with Crippen LogP contribution in [0.25, 0.3) is 10.9 Å². The van der Waals surface area contributed by atoms with Crippen LogP contribution in [0.15, 0.2) is 24.3 Å². The Bertz CT molecular complexity index is 539. The summed E-state index contributed by atoms with van der Waals surface area (Å²) in [5.41, 5.74) is 6.64. The molecule has 17 heavy (non-hydrogen) atoms. The van der Waals surface area contributed by atoms with Gasteiger partial charge in [-0.05, 0) is 19.9 Å². The van der Waals surface area contributed by atoms with E-state index in [2.05, 4.69) is 15.5 Å². The smallest absolute Gasteiger partial charge is 0.272 e. The maximum absolute atomic E-state index is 11.9. The minimum absolute atomic E-state index is 0.207. The monoisotopic (exact) mass is 232 g/mol. The molecule has 1 aromatic heterocycles.